The summed E-state index contributed by atoms with van der Waals surface area (Å²) in [6.07, 6.45) is 0. The van der Waals surface area contributed by atoms with Gasteiger partial charge in [-0.2, -0.15) is 4.98 Å². The van der Waals surface area contributed by atoms with Gasteiger partial charge in [0.1, 0.15) is 0 Å². The molecule has 0 atom stereocenters. The van der Waals surface area contributed by atoms with Crippen LogP contribution in [0.5, 0.6) is 0 Å². The number of carbonyl (C=O) groups excluding carboxylic acids is 1. The number of benzene rings is 2. The van der Waals surface area contributed by atoms with Crippen LogP contribution in [-0.4, -0.2) is 17.9 Å². The van der Waals surface area contributed by atoms with Crippen molar-refractivity contribution in [3.63, 3.8) is 0 Å². The van der Waals surface area contributed by atoms with E-state index in [2.05, 4.69) is 15.6 Å². The Morgan fingerprint density at radius 2 is 1.82 bits per heavy atom. The van der Waals surface area contributed by atoms with E-state index in [9.17, 15) is 9.59 Å². The minimum absolute atomic E-state index is 0.108. The Kier molecular flexibility index (Phi) is 3.57. The van der Waals surface area contributed by atoms with Crippen LogP contribution in [0, 0.1) is 0 Å². The van der Waals surface area contributed by atoms with Crippen LogP contribution in [0.15, 0.2) is 57.7 Å². The van der Waals surface area contributed by atoms with Gasteiger partial charge in [-0.25, -0.2) is 4.79 Å². The molecular formula is C16H13N3O3. The molecule has 3 rings (SSSR count). The summed E-state index contributed by atoms with van der Waals surface area (Å²) in [6.45, 7) is 0. The van der Waals surface area contributed by atoms with Crippen molar-refractivity contribution in [2.45, 2.75) is 0 Å². The van der Waals surface area contributed by atoms with Gasteiger partial charge in [0.2, 0.25) is 0 Å². The lowest BCUT2D eigenvalue weighted by atomic mass is 10.2. The summed E-state index contributed by atoms with van der Waals surface area (Å²) in [6, 6.07) is 13.8. The van der Waals surface area contributed by atoms with Gasteiger partial charge in [-0.15, -0.1) is 0 Å². The van der Waals surface area contributed by atoms with Gasteiger partial charge in [0.15, 0.2) is 0 Å². The van der Waals surface area contributed by atoms with Crippen molar-refractivity contribution in [3.05, 3.63) is 64.5 Å². The molecule has 0 radical (unpaired) electrons. The van der Waals surface area contributed by atoms with Crippen molar-refractivity contribution in [1.82, 2.24) is 10.3 Å². The first kappa shape index (κ1) is 13.8. The molecule has 0 unspecified atom stereocenters. The predicted molar refractivity (Wildman–Crippen MR) is 83.4 cm³/mol. The standard InChI is InChI=1S/C16H13N3O3/c1-17-14(20)10-6-8-11(9-7-10)18-16-19-13-5-3-2-4-12(13)15(21)22-16/h2-9H,1H3,(H,17,20)(H,18,19). The van der Waals surface area contributed by atoms with Crippen molar-refractivity contribution in [2.75, 3.05) is 12.4 Å². The summed E-state index contributed by atoms with van der Waals surface area (Å²) in [5, 5.41) is 5.89. The van der Waals surface area contributed by atoms with Gasteiger partial charge in [-0.05, 0) is 36.4 Å². The number of amides is 1. The quantitative estimate of drug-likeness (QED) is 0.774. The Labute approximate surface area is 125 Å². The Balaban J connectivity index is 1.90. The van der Waals surface area contributed by atoms with Gasteiger partial charge in [-0.1, -0.05) is 12.1 Å². The molecule has 3 aromatic rings. The fourth-order valence-electron chi connectivity index (χ4n) is 2.04. The molecule has 0 fully saturated rings. The fourth-order valence-corrected chi connectivity index (χ4v) is 2.04. The average molecular weight is 295 g/mol. The number of fused-ring (bicyclic) bond motifs is 1. The molecule has 6 nitrogen and oxygen atoms in total. The molecule has 0 aliphatic heterocycles. The summed E-state index contributed by atoms with van der Waals surface area (Å²) in [4.78, 5) is 27.6. The van der Waals surface area contributed by atoms with Crippen molar-refractivity contribution in [1.29, 1.82) is 0 Å². The van der Waals surface area contributed by atoms with E-state index in [4.69, 9.17) is 4.42 Å². The van der Waals surface area contributed by atoms with Crippen molar-refractivity contribution in [3.8, 4) is 0 Å². The van der Waals surface area contributed by atoms with Crippen molar-refractivity contribution >= 4 is 28.5 Å². The zero-order valence-corrected chi connectivity index (χ0v) is 11.8. The highest BCUT2D eigenvalue weighted by atomic mass is 16.4. The minimum atomic E-state index is -0.449. The van der Waals surface area contributed by atoms with E-state index in [-0.39, 0.29) is 11.9 Å². The number of nitrogens with one attached hydrogen (secondary N) is 2. The van der Waals surface area contributed by atoms with Gasteiger partial charge in [0, 0.05) is 18.3 Å². The fraction of sp³-hybridized carbons (Fsp3) is 0.0625. The molecule has 2 N–H and O–H groups in total. The topological polar surface area (TPSA) is 84.2 Å². The van der Waals surface area contributed by atoms with Crippen LogP contribution in [-0.2, 0) is 0 Å². The lowest BCUT2D eigenvalue weighted by molar-refractivity contribution is 0.0963. The van der Waals surface area contributed by atoms with Crippen LogP contribution in [0.4, 0.5) is 11.7 Å². The molecule has 22 heavy (non-hydrogen) atoms. The predicted octanol–water partition coefficient (Wildman–Crippen LogP) is 2.29. The first-order chi connectivity index (χ1) is 10.7. The molecule has 0 spiro atoms. The second-order valence-electron chi connectivity index (χ2n) is 4.61. The third-order valence-corrected chi connectivity index (χ3v) is 3.16. The van der Waals surface area contributed by atoms with Crippen LogP contribution in [0.3, 0.4) is 0 Å². The van der Waals surface area contributed by atoms with Crippen LogP contribution in [0.25, 0.3) is 10.9 Å². The molecule has 1 heterocycles. The van der Waals surface area contributed by atoms with Crippen molar-refractivity contribution in [2.24, 2.45) is 0 Å². The first-order valence-corrected chi connectivity index (χ1v) is 6.66. The minimum Gasteiger partial charge on any atom is -0.388 e. The lowest BCUT2D eigenvalue weighted by Crippen LogP contribution is -2.17. The van der Waals surface area contributed by atoms with Gasteiger partial charge in [0.05, 0.1) is 10.9 Å². The summed E-state index contributed by atoms with van der Waals surface area (Å²) in [7, 11) is 1.57. The number of hydrogen-bond acceptors (Lipinski definition) is 5. The summed E-state index contributed by atoms with van der Waals surface area (Å²) in [5.41, 5.74) is 1.32. The Bertz CT molecular complexity index is 885. The van der Waals surface area contributed by atoms with E-state index in [1.165, 1.54) is 0 Å². The number of hydrogen-bond donors (Lipinski definition) is 2. The monoisotopic (exact) mass is 295 g/mol. The highest BCUT2D eigenvalue weighted by Gasteiger charge is 2.07. The normalized spacial score (nSPS) is 10.4. The highest BCUT2D eigenvalue weighted by Crippen LogP contribution is 2.16. The van der Waals surface area contributed by atoms with Crippen LogP contribution in [0.2, 0.25) is 0 Å². The second kappa shape index (κ2) is 5.69. The van der Waals surface area contributed by atoms with E-state index in [1.54, 1.807) is 55.6 Å². The summed E-state index contributed by atoms with van der Waals surface area (Å²) in [5.74, 6) is -0.165. The SMILES string of the molecule is CNC(=O)c1ccc(Nc2nc3ccccc3c(=O)o2)cc1. The largest absolute Gasteiger partial charge is 0.388 e. The number of nitrogens with zero attached hydrogens (tertiary/aromatic N) is 1. The Morgan fingerprint density at radius 3 is 2.55 bits per heavy atom. The molecule has 0 bridgehead atoms. The van der Waals surface area contributed by atoms with Crippen LogP contribution < -0.4 is 16.3 Å². The van der Waals surface area contributed by atoms with E-state index < -0.39 is 5.63 Å². The first-order valence-electron chi connectivity index (χ1n) is 6.66. The van der Waals surface area contributed by atoms with Gasteiger partial charge < -0.3 is 15.1 Å². The van der Waals surface area contributed by atoms with E-state index in [0.29, 0.717) is 22.2 Å². The smallest absolute Gasteiger partial charge is 0.348 e. The number of anilines is 2. The maximum atomic E-state index is 11.9. The molecule has 0 aliphatic rings. The van der Waals surface area contributed by atoms with Crippen LogP contribution in [0.1, 0.15) is 10.4 Å². The molecule has 0 aliphatic carbocycles. The summed E-state index contributed by atoms with van der Waals surface area (Å²) >= 11 is 0. The van der Waals surface area contributed by atoms with E-state index in [1.807, 2.05) is 0 Å². The average Bonchev–Trinajstić information content (AvgIpc) is 2.55. The molecule has 0 saturated carbocycles. The summed E-state index contributed by atoms with van der Waals surface area (Å²) < 4.78 is 5.14. The zero-order chi connectivity index (χ0) is 15.5. The Morgan fingerprint density at radius 1 is 1.09 bits per heavy atom. The molecule has 1 amide bonds. The second-order valence-corrected chi connectivity index (χ2v) is 4.61. The number of rotatable bonds is 3. The maximum Gasteiger partial charge on any atom is 0.348 e. The molecule has 6 heteroatoms. The number of para-hydroxylation sites is 1. The molecule has 2 aromatic carbocycles. The zero-order valence-electron chi connectivity index (χ0n) is 11.8. The van der Waals surface area contributed by atoms with Gasteiger partial charge in [-0.3, -0.25) is 4.79 Å². The third-order valence-electron chi connectivity index (χ3n) is 3.16. The highest BCUT2D eigenvalue weighted by molar-refractivity contribution is 5.94. The van der Waals surface area contributed by atoms with Gasteiger partial charge >= 0.3 is 11.6 Å². The molecular weight excluding hydrogens is 282 g/mol. The van der Waals surface area contributed by atoms with Crippen LogP contribution >= 0.6 is 0 Å². The molecule has 1 aromatic heterocycles. The third kappa shape index (κ3) is 2.67. The Hall–Kier alpha value is -3.15. The lowest BCUT2D eigenvalue weighted by Gasteiger charge is -2.06. The number of aromatic nitrogens is 1. The molecule has 110 valence electrons. The van der Waals surface area contributed by atoms with E-state index in [0.717, 1.165) is 0 Å². The van der Waals surface area contributed by atoms with Crippen molar-refractivity contribution < 1.29 is 9.21 Å². The van der Waals surface area contributed by atoms with E-state index >= 15 is 0 Å². The maximum absolute atomic E-state index is 11.9. The van der Waals surface area contributed by atoms with Gasteiger partial charge in [0.25, 0.3) is 5.91 Å². The molecule has 0 saturated heterocycles. The number of carbonyl (C=O) groups is 1.